The van der Waals surface area contributed by atoms with Gasteiger partial charge in [-0.15, -0.1) is 0 Å². The number of nitrogens with one attached hydrogen (secondary N) is 2. The van der Waals surface area contributed by atoms with Crippen molar-refractivity contribution >= 4 is 11.8 Å². The van der Waals surface area contributed by atoms with Crippen molar-refractivity contribution in [2.45, 2.75) is 6.54 Å². The molecule has 2 N–H and O–H groups in total. The second-order valence-electron chi connectivity index (χ2n) is 3.89. The highest BCUT2D eigenvalue weighted by Gasteiger charge is 1.99. The van der Waals surface area contributed by atoms with E-state index >= 15 is 0 Å². The Morgan fingerprint density at radius 2 is 1.95 bits per heavy atom. The van der Waals surface area contributed by atoms with E-state index in [0.717, 1.165) is 17.9 Å². The van der Waals surface area contributed by atoms with E-state index in [0.29, 0.717) is 19.1 Å². The van der Waals surface area contributed by atoms with Crippen LogP contribution in [0, 0.1) is 0 Å². The predicted octanol–water partition coefficient (Wildman–Crippen LogP) is 1.54. The Morgan fingerprint density at radius 1 is 1.11 bits per heavy atom. The average molecular weight is 259 g/mol. The summed E-state index contributed by atoms with van der Waals surface area (Å²) in [6.07, 6.45) is 5.25. The number of methoxy groups -OCH3 is 1. The minimum atomic E-state index is 0.597. The Kier molecular flexibility index (Phi) is 5.06. The number of nitrogens with zero attached hydrogens (tertiary/aromatic N) is 3. The van der Waals surface area contributed by atoms with Crippen LogP contribution in [0.1, 0.15) is 5.56 Å². The van der Waals surface area contributed by atoms with Crippen LogP contribution in [0.15, 0.2) is 36.8 Å². The number of ether oxygens (including phenoxy) is 1. The molecule has 0 atom stereocenters. The fraction of sp³-hybridized carbons (Fsp3) is 0.308. The van der Waals surface area contributed by atoms with Crippen LogP contribution < -0.4 is 10.6 Å². The third-order valence-electron chi connectivity index (χ3n) is 2.47. The third-order valence-corrected chi connectivity index (χ3v) is 2.47. The van der Waals surface area contributed by atoms with Crippen molar-refractivity contribution in [1.29, 1.82) is 0 Å². The quantitative estimate of drug-likeness (QED) is 0.735. The van der Waals surface area contributed by atoms with E-state index in [2.05, 4.69) is 25.6 Å². The number of rotatable bonds is 7. The fourth-order valence-corrected chi connectivity index (χ4v) is 1.51. The van der Waals surface area contributed by atoms with Crippen molar-refractivity contribution in [2.24, 2.45) is 0 Å². The largest absolute Gasteiger partial charge is 0.383 e. The van der Waals surface area contributed by atoms with Crippen molar-refractivity contribution in [1.82, 2.24) is 15.0 Å². The Morgan fingerprint density at radius 3 is 2.74 bits per heavy atom. The van der Waals surface area contributed by atoms with Gasteiger partial charge in [0.25, 0.3) is 0 Å². The van der Waals surface area contributed by atoms with E-state index in [9.17, 15) is 0 Å². The molecule has 0 fully saturated rings. The molecule has 100 valence electrons. The van der Waals surface area contributed by atoms with Crippen LogP contribution in [0.5, 0.6) is 0 Å². The van der Waals surface area contributed by atoms with E-state index in [1.165, 1.54) is 0 Å². The second kappa shape index (κ2) is 7.27. The second-order valence-corrected chi connectivity index (χ2v) is 3.89. The van der Waals surface area contributed by atoms with Gasteiger partial charge in [-0.2, -0.15) is 4.98 Å². The molecule has 0 spiro atoms. The summed E-state index contributed by atoms with van der Waals surface area (Å²) in [7, 11) is 1.67. The summed E-state index contributed by atoms with van der Waals surface area (Å²) in [6, 6.07) is 5.73. The zero-order valence-electron chi connectivity index (χ0n) is 10.8. The van der Waals surface area contributed by atoms with Crippen molar-refractivity contribution in [3.63, 3.8) is 0 Å². The van der Waals surface area contributed by atoms with Crippen LogP contribution in [0.4, 0.5) is 11.8 Å². The van der Waals surface area contributed by atoms with Gasteiger partial charge in [-0.05, 0) is 23.8 Å². The van der Waals surface area contributed by atoms with E-state index < -0.39 is 0 Å². The molecular weight excluding hydrogens is 242 g/mol. The highest BCUT2D eigenvalue weighted by molar-refractivity contribution is 5.39. The fourth-order valence-electron chi connectivity index (χ4n) is 1.51. The summed E-state index contributed by atoms with van der Waals surface area (Å²) in [5.74, 6) is 1.38. The van der Waals surface area contributed by atoms with Crippen molar-refractivity contribution in [2.75, 3.05) is 30.9 Å². The molecule has 2 rings (SSSR count). The first-order valence-electron chi connectivity index (χ1n) is 6.07. The van der Waals surface area contributed by atoms with Crippen molar-refractivity contribution in [3.8, 4) is 0 Å². The lowest BCUT2D eigenvalue weighted by Crippen LogP contribution is -2.10. The van der Waals surface area contributed by atoms with Crippen molar-refractivity contribution in [3.05, 3.63) is 42.4 Å². The molecule has 2 aromatic heterocycles. The highest BCUT2D eigenvalue weighted by Crippen LogP contribution is 2.07. The molecule has 6 heteroatoms. The predicted molar refractivity (Wildman–Crippen MR) is 74.0 cm³/mol. The smallest absolute Gasteiger partial charge is 0.224 e. The molecule has 0 aromatic carbocycles. The van der Waals surface area contributed by atoms with Gasteiger partial charge in [0.2, 0.25) is 5.95 Å². The normalized spacial score (nSPS) is 10.2. The molecule has 0 aliphatic heterocycles. The van der Waals surface area contributed by atoms with E-state index in [1.807, 2.05) is 18.2 Å². The molecule has 0 aliphatic rings. The number of pyridine rings is 1. The number of anilines is 2. The van der Waals surface area contributed by atoms with Gasteiger partial charge >= 0.3 is 0 Å². The molecule has 19 heavy (non-hydrogen) atoms. The van der Waals surface area contributed by atoms with Crippen LogP contribution in [0.2, 0.25) is 0 Å². The average Bonchev–Trinajstić information content (AvgIpc) is 2.47. The van der Waals surface area contributed by atoms with Crippen LogP contribution in [-0.2, 0) is 11.3 Å². The first-order chi connectivity index (χ1) is 9.38. The zero-order valence-corrected chi connectivity index (χ0v) is 10.8. The number of hydrogen-bond acceptors (Lipinski definition) is 6. The topological polar surface area (TPSA) is 72.0 Å². The Bertz CT molecular complexity index is 491. The molecule has 0 amide bonds. The summed E-state index contributed by atoms with van der Waals surface area (Å²) in [4.78, 5) is 12.5. The molecule has 0 aliphatic carbocycles. The van der Waals surface area contributed by atoms with Crippen LogP contribution in [0.25, 0.3) is 0 Å². The summed E-state index contributed by atoms with van der Waals surface area (Å²) < 4.78 is 4.97. The van der Waals surface area contributed by atoms with Crippen LogP contribution in [0.3, 0.4) is 0 Å². The molecule has 0 radical (unpaired) electrons. The zero-order chi connectivity index (χ0) is 13.3. The molecule has 0 saturated heterocycles. The SMILES string of the molecule is COCCNc1ccnc(NCc2ccncc2)n1. The Hall–Kier alpha value is -2.21. The minimum absolute atomic E-state index is 0.597. The van der Waals surface area contributed by atoms with Crippen molar-refractivity contribution < 1.29 is 4.74 Å². The maximum atomic E-state index is 4.97. The first-order valence-corrected chi connectivity index (χ1v) is 6.07. The summed E-state index contributed by atoms with van der Waals surface area (Å²) in [5.41, 5.74) is 1.14. The third kappa shape index (κ3) is 4.51. The Labute approximate surface area is 112 Å². The molecular formula is C13H17N5O. The molecule has 0 saturated carbocycles. The van der Waals surface area contributed by atoms with E-state index in [4.69, 9.17) is 4.74 Å². The maximum Gasteiger partial charge on any atom is 0.224 e. The lowest BCUT2D eigenvalue weighted by atomic mass is 10.3. The standard InChI is InChI=1S/C13H17N5O/c1-19-9-8-15-12-4-7-16-13(18-12)17-10-11-2-5-14-6-3-11/h2-7H,8-10H2,1H3,(H2,15,16,17,18). The molecule has 0 bridgehead atoms. The van der Waals surface area contributed by atoms with Gasteiger partial charge in [0.05, 0.1) is 6.61 Å². The number of aromatic nitrogens is 3. The van der Waals surface area contributed by atoms with E-state index in [-0.39, 0.29) is 0 Å². The lowest BCUT2D eigenvalue weighted by molar-refractivity contribution is 0.210. The van der Waals surface area contributed by atoms with Crippen LogP contribution in [-0.4, -0.2) is 35.2 Å². The summed E-state index contributed by atoms with van der Waals surface area (Å²) >= 11 is 0. The van der Waals surface area contributed by atoms with Crippen LogP contribution >= 0.6 is 0 Å². The molecule has 6 nitrogen and oxygen atoms in total. The van der Waals surface area contributed by atoms with Gasteiger partial charge in [0.1, 0.15) is 5.82 Å². The van der Waals surface area contributed by atoms with Gasteiger partial charge in [-0.1, -0.05) is 0 Å². The molecule has 2 heterocycles. The van der Waals surface area contributed by atoms with Gasteiger partial charge in [-0.3, -0.25) is 4.98 Å². The van der Waals surface area contributed by atoms with Gasteiger partial charge < -0.3 is 15.4 Å². The first kappa shape index (κ1) is 13.2. The monoisotopic (exact) mass is 259 g/mol. The number of hydrogen-bond donors (Lipinski definition) is 2. The van der Waals surface area contributed by atoms with E-state index in [1.54, 1.807) is 25.7 Å². The molecule has 2 aromatic rings. The minimum Gasteiger partial charge on any atom is -0.383 e. The van der Waals surface area contributed by atoms with Gasteiger partial charge in [0, 0.05) is 38.8 Å². The highest BCUT2D eigenvalue weighted by atomic mass is 16.5. The summed E-state index contributed by atoms with van der Waals surface area (Å²) in [6.45, 7) is 2.03. The van der Waals surface area contributed by atoms with Gasteiger partial charge in [0.15, 0.2) is 0 Å². The lowest BCUT2D eigenvalue weighted by Gasteiger charge is -2.08. The van der Waals surface area contributed by atoms with Gasteiger partial charge in [-0.25, -0.2) is 4.98 Å². The summed E-state index contributed by atoms with van der Waals surface area (Å²) in [5, 5.41) is 6.33. The maximum absolute atomic E-state index is 4.97. The Balaban J connectivity index is 1.88. The molecule has 0 unspecified atom stereocenters.